The van der Waals surface area contributed by atoms with Crippen LogP contribution in [0.5, 0.6) is 0 Å². The van der Waals surface area contributed by atoms with Crippen molar-refractivity contribution in [3.05, 3.63) is 17.1 Å². The standard InChI is InChI=1S/C20H33N5O2/c1-14-15(2)22-17(19(26)21-11-10-20(27)8-5-6-9-20)23-18(14)25-12-7-16(13-25)24(3)4/h16,27H,5-13H2,1-4H3,(H,21,26)/t16-/m1/s1. The number of nitrogens with zero attached hydrogens (tertiary/aromatic N) is 4. The van der Waals surface area contributed by atoms with Gasteiger partial charge in [-0.2, -0.15) is 0 Å². The fourth-order valence-electron chi connectivity index (χ4n) is 4.15. The van der Waals surface area contributed by atoms with Crippen molar-refractivity contribution < 1.29 is 9.90 Å². The Morgan fingerprint density at radius 1 is 1.30 bits per heavy atom. The summed E-state index contributed by atoms with van der Waals surface area (Å²) in [5.41, 5.74) is 1.26. The van der Waals surface area contributed by atoms with E-state index >= 15 is 0 Å². The normalized spacial score (nSPS) is 21.9. The van der Waals surface area contributed by atoms with Gasteiger partial charge in [-0.3, -0.25) is 4.79 Å². The molecule has 3 rings (SSSR count). The molecule has 27 heavy (non-hydrogen) atoms. The van der Waals surface area contributed by atoms with Crippen LogP contribution < -0.4 is 10.2 Å². The molecule has 0 radical (unpaired) electrons. The molecule has 1 saturated carbocycles. The Morgan fingerprint density at radius 2 is 2.00 bits per heavy atom. The fourth-order valence-corrected chi connectivity index (χ4v) is 4.15. The Balaban J connectivity index is 1.67. The van der Waals surface area contributed by atoms with Crippen molar-refractivity contribution in [3.8, 4) is 0 Å². The van der Waals surface area contributed by atoms with Gasteiger partial charge < -0.3 is 20.2 Å². The maximum absolute atomic E-state index is 12.6. The molecule has 1 amide bonds. The number of amides is 1. The van der Waals surface area contributed by atoms with Crippen LogP contribution in [0.3, 0.4) is 0 Å². The summed E-state index contributed by atoms with van der Waals surface area (Å²) in [7, 11) is 4.20. The number of aromatic nitrogens is 2. The van der Waals surface area contributed by atoms with E-state index in [9.17, 15) is 9.90 Å². The van der Waals surface area contributed by atoms with E-state index in [0.29, 0.717) is 19.0 Å². The van der Waals surface area contributed by atoms with E-state index in [1.165, 1.54) is 0 Å². The number of anilines is 1. The number of likely N-dealkylation sites (N-methyl/N-ethyl adjacent to an activating group) is 1. The second kappa shape index (κ2) is 8.10. The van der Waals surface area contributed by atoms with Crippen molar-refractivity contribution in [2.75, 3.05) is 38.6 Å². The number of hydrogen-bond acceptors (Lipinski definition) is 6. The van der Waals surface area contributed by atoms with Gasteiger partial charge in [-0.1, -0.05) is 12.8 Å². The van der Waals surface area contributed by atoms with E-state index in [-0.39, 0.29) is 11.7 Å². The average Bonchev–Trinajstić information content (AvgIpc) is 3.27. The minimum Gasteiger partial charge on any atom is -0.390 e. The lowest BCUT2D eigenvalue weighted by atomic mass is 9.98. The van der Waals surface area contributed by atoms with Crippen LogP contribution >= 0.6 is 0 Å². The van der Waals surface area contributed by atoms with E-state index in [0.717, 1.165) is 62.3 Å². The van der Waals surface area contributed by atoms with E-state index in [2.05, 4.69) is 39.2 Å². The molecule has 0 aromatic carbocycles. The van der Waals surface area contributed by atoms with E-state index < -0.39 is 5.60 Å². The van der Waals surface area contributed by atoms with E-state index in [1.807, 2.05) is 13.8 Å². The summed E-state index contributed by atoms with van der Waals surface area (Å²) in [5, 5.41) is 13.3. The Hall–Kier alpha value is -1.73. The van der Waals surface area contributed by atoms with E-state index in [4.69, 9.17) is 0 Å². The predicted molar refractivity (Wildman–Crippen MR) is 106 cm³/mol. The summed E-state index contributed by atoms with van der Waals surface area (Å²) in [5.74, 6) is 0.829. The molecule has 2 N–H and O–H groups in total. The summed E-state index contributed by atoms with van der Waals surface area (Å²) in [6.45, 7) is 6.25. The highest BCUT2D eigenvalue weighted by atomic mass is 16.3. The van der Waals surface area contributed by atoms with Crippen molar-refractivity contribution in [1.29, 1.82) is 0 Å². The molecule has 0 spiro atoms. The van der Waals surface area contributed by atoms with Gasteiger partial charge in [-0.15, -0.1) is 0 Å². The van der Waals surface area contributed by atoms with Gasteiger partial charge in [0.1, 0.15) is 5.82 Å². The molecule has 2 fully saturated rings. The summed E-state index contributed by atoms with van der Waals surface area (Å²) in [6.07, 6.45) is 5.47. The van der Waals surface area contributed by atoms with Gasteiger partial charge in [0, 0.05) is 36.9 Å². The zero-order valence-electron chi connectivity index (χ0n) is 17.1. The first kappa shape index (κ1) is 20.0. The first-order valence-electron chi connectivity index (χ1n) is 10.1. The van der Waals surface area contributed by atoms with Gasteiger partial charge in [0.2, 0.25) is 5.82 Å². The molecule has 1 aromatic rings. The lowest BCUT2D eigenvalue weighted by Gasteiger charge is -2.23. The Morgan fingerprint density at radius 3 is 2.63 bits per heavy atom. The van der Waals surface area contributed by atoms with E-state index in [1.54, 1.807) is 0 Å². The first-order chi connectivity index (χ1) is 12.8. The summed E-state index contributed by atoms with van der Waals surface area (Å²) in [4.78, 5) is 26.1. The Labute approximate surface area is 162 Å². The molecule has 1 aromatic heterocycles. The molecule has 2 aliphatic rings. The van der Waals surface area contributed by atoms with Crippen molar-refractivity contribution in [2.24, 2.45) is 0 Å². The largest absolute Gasteiger partial charge is 0.390 e. The average molecular weight is 376 g/mol. The second-order valence-corrected chi connectivity index (χ2v) is 8.37. The monoisotopic (exact) mass is 375 g/mol. The fraction of sp³-hybridized carbons (Fsp3) is 0.750. The molecule has 1 atom stereocenters. The molecule has 1 aliphatic carbocycles. The van der Waals surface area contributed by atoms with Gasteiger partial charge in [0.15, 0.2) is 0 Å². The third-order valence-electron chi connectivity index (χ3n) is 6.17. The van der Waals surface area contributed by atoms with Crippen molar-refractivity contribution >= 4 is 11.7 Å². The zero-order valence-corrected chi connectivity index (χ0v) is 17.1. The molecule has 2 heterocycles. The third-order valence-corrected chi connectivity index (χ3v) is 6.17. The molecule has 1 saturated heterocycles. The molecule has 0 unspecified atom stereocenters. The number of carbonyl (C=O) groups excluding carboxylic acids is 1. The molecule has 1 aliphatic heterocycles. The van der Waals surface area contributed by atoms with Gasteiger partial charge in [0.05, 0.1) is 5.60 Å². The van der Waals surface area contributed by atoms with Crippen LogP contribution in [0.1, 0.15) is 60.4 Å². The topological polar surface area (TPSA) is 81.6 Å². The quantitative estimate of drug-likeness (QED) is 0.787. The molecule has 150 valence electrons. The number of aryl methyl sites for hydroxylation is 1. The number of rotatable bonds is 6. The van der Waals surface area contributed by atoms with Gasteiger partial charge >= 0.3 is 0 Å². The Bertz CT molecular complexity index is 685. The van der Waals surface area contributed by atoms with Gasteiger partial charge in [0.25, 0.3) is 5.91 Å². The van der Waals surface area contributed by atoms with Gasteiger partial charge in [-0.25, -0.2) is 9.97 Å². The minimum atomic E-state index is -0.612. The van der Waals surface area contributed by atoms with Crippen molar-refractivity contribution in [2.45, 2.75) is 64.0 Å². The summed E-state index contributed by atoms with van der Waals surface area (Å²) >= 11 is 0. The highest BCUT2D eigenvalue weighted by molar-refractivity contribution is 5.91. The summed E-state index contributed by atoms with van der Waals surface area (Å²) in [6, 6.07) is 0.504. The van der Waals surface area contributed by atoms with Crippen molar-refractivity contribution in [1.82, 2.24) is 20.2 Å². The maximum Gasteiger partial charge on any atom is 0.289 e. The van der Waals surface area contributed by atoms with Crippen LogP contribution in [-0.2, 0) is 0 Å². The number of carbonyl (C=O) groups is 1. The van der Waals surface area contributed by atoms with Crippen LogP contribution in [0.2, 0.25) is 0 Å². The number of aliphatic hydroxyl groups is 1. The van der Waals surface area contributed by atoms with Crippen molar-refractivity contribution in [3.63, 3.8) is 0 Å². The third kappa shape index (κ3) is 4.58. The van der Waals surface area contributed by atoms with Crippen LogP contribution in [0.4, 0.5) is 5.82 Å². The Kier molecular flexibility index (Phi) is 6.01. The van der Waals surface area contributed by atoms with Crippen LogP contribution in [0, 0.1) is 13.8 Å². The highest BCUT2D eigenvalue weighted by Gasteiger charge is 2.31. The van der Waals surface area contributed by atoms with Crippen LogP contribution in [0.15, 0.2) is 0 Å². The minimum absolute atomic E-state index is 0.222. The molecular weight excluding hydrogens is 342 g/mol. The first-order valence-corrected chi connectivity index (χ1v) is 10.1. The second-order valence-electron chi connectivity index (χ2n) is 8.37. The molecular formula is C20H33N5O2. The smallest absolute Gasteiger partial charge is 0.289 e. The van der Waals surface area contributed by atoms with Crippen LogP contribution in [0.25, 0.3) is 0 Å². The highest BCUT2D eigenvalue weighted by Crippen LogP contribution is 2.31. The predicted octanol–water partition coefficient (Wildman–Crippen LogP) is 1.66. The summed E-state index contributed by atoms with van der Waals surface area (Å²) < 4.78 is 0. The maximum atomic E-state index is 12.6. The molecule has 7 heteroatoms. The van der Waals surface area contributed by atoms with Crippen LogP contribution in [-0.4, -0.2) is 71.3 Å². The lowest BCUT2D eigenvalue weighted by Crippen LogP contribution is -2.35. The van der Waals surface area contributed by atoms with Gasteiger partial charge in [-0.05, 0) is 53.6 Å². The SMILES string of the molecule is Cc1nc(C(=O)NCCC2(O)CCCC2)nc(N2CC[C@@H](N(C)C)C2)c1C. The zero-order chi connectivity index (χ0) is 19.6. The molecule has 7 nitrogen and oxygen atoms in total. The lowest BCUT2D eigenvalue weighted by molar-refractivity contribution is 0.0389. The number of nitrogens with one attached hydrogen (secondary N) is 1. The molecule has 0 bridgehead atoms. The number of hydrogen-bond donors (Lipinski definition) is 2.